The predicted octanol–water partition coefficient (Wildman–Crippen LogP) is 13.6. The second-order valence-corrected chi connectivity index (χ2v) is 13.6. The highest BCUT2D eigenvalue weighted by Gasteiger charge is 2.24. The van der Waals surface area contributed by atoms with Crippen LogP contribution in [0.5, 0.6) is 0 Å². The maximum atomic E-state index is 2.72. The molecule has 41 heavy (non-hydrogen) atoms. The lowest BCUT2D eigenvalue weighted by Gasteiger charge is -2.33. The zero-order valence-corrected chi connectivity index (χ0v) is 29.0. The van der Waals surface area contributed by atoms with Crippen molar-refractivity contribution < 1.29 is 0 Å². The average molecular weight is 575 g/mol. The van der Waals surface area contributed by atoms with E-state index in [1.54, 1.807) is 0 Å². The Morgan fingerprint density at radius 2 is 0.561 bits per heavy atom. The Labute approximate surface area is 260 Å². The van der Waals surface area contributed by atoms with Gasteiger partial charge < -0.3 is 9.80 Å². The van der Waals surface area contributed by atoms with Crippen LogP contribution in [0.25, 0.3) is 0 Å². The third-order valence-electron chi connectivity index (χ3n) is 9.57. The topological polar surface area (TPSA) is 6.48 Å². The van der Waals surface area contributed by atoms with Gasteiger partial charge in [0.1, 0.15) is 6.17 Å². The van der Waals surface area contributed by atoms with Crippen LogP contribution < -0.4 is 0 Å². The molecule has 0 spiro atoms. The van der Waals surface area contributed by atoms with Crippen molar-refractivity contribution in [3.63, 3.8) is 0 Å². The van der Waals surface area contributed by atoms with Crippen LogP contribution in [-0.2, 0) is 0 Å². The fraction of sp³-hybridized carbons (Fsp3) is 0.949. The molecule has 1 aliphatic heterocycles. The van der Waals surface area contributed by atoms with E-state index in [-0.39, 0.29) is 0 Å². The van der Waals surface area contributed by atoms with E-state index in [9.17, 15) is 0 Å². The van der Waals surface area contributed by atoms with Gasteiger partial charge in [-0.05, 0) is 25.7 Å². The third kappa shape index (κ3) is 23.5. The van der Waals surface area contributed by atoms with E-state index in [1.165, 1.54) is 212 Å². The van der Waals surface area contributed by atoms with Crippen LogP contribution >= 0.6 is 0 Å². The highest BCUT2D eigenvalue weighted by molar-refractivity contribution is 4.97. The predicted molar refractivity (Wildman–Crippen MR) is 186 cm³/mol. The van der Waals surface area contributed by atoms with Crippen LogP contribution in [0.4, 0.5) is 0 Å². The first kappa shape index (κ1) is 38.4. The molecule has 0 bridgehead atoms. The highest BCUT2D eigenvalue weighted by Crippen LogP contribution is 2.24. The van der Waals surface area contributed by atoms with Crippen molar-refractivity contribution in [3.05, 3.63) is 12.4 Å². The monoisotopic (exact) mass is 575 g/mol. The Hall–Kier alpha value is -0.660. The summed E-state index contributed by atoms with van der Waals surface area (Å²) < 4.78 is 0. The molecule has 0 radical (unpaired) electrons. The lowest BCUT2D eigenvalue weighted by molar-refractivity contribution is 0.135. The molecule has 2 nitrogen and oxygen atoms in total. The van der Waals surface area contributed by atoms with Crippen LogP contribution in [0, 0.1) is 0 Å². The SMILES string of the molecule is CCCCCCCCCCCCCCC1N(CCCCCCCCCCC)C=CN1CCCCCCCCCCC. The van der Waals surface area contributed by atoms with Crippen molar-refractivity contribution in [1.29, 1.82) is 0 Å². The van der Waals surface area contributed by atoms with Gasteiger partial charge in [0.2, 0.25) is 0 Å². The molecule has 2 heteroatoms. The Morgan fingerprint density at radius 1 is 0.317 bits per heavy atom. The van der Waals surface area contributed by atoms with Crippen molar-refractivity contribution in [1.82, 2.24) is 9.80 Å². The molecule has 0 fully saturated rings. The van der Waals surface area contributed by atoms with Crippen LogP contribution in [-0.4, -0.2) is 29.1 Å². The van der Waals surface area contributed by atoms with Gasteiger partial charge in [0.05, 0.1) is 0 Å². The van der Waals surface area contributed by atoms with E-state index in [1.807, 2.05) is 0 Å². The fourth-order valence-corrected chi connectivity index (χ4v) is 6.72. The lowest BCUT2D eigenvalue weighted by atomic mass is 10.0. The Kier molecular flexibility index (Phi) is 28.8. The molecule has 0 aromatic rings. The molecule has 0 aliphatic carbocycles. The van der Waals surface area contributed by atoms with E-state index in [0.29, 0.717) is 6.17 Å². The largest absolute Gasteiger partial charge is 0.356 e. The van der Waals surface area contributed by atoms with E-state index < -0.39 is 0 Å². The smallest absolute Gasteiger partial charge is 0.101 e. The number of unbranched alkanes of at least 4 members (excludes halogenated alkanes) is 27. The molecule has 1 heterocycles. The van der Waals surface area contributed by atoms with Gasteiger partial charge in [-0.1, -0.05) is 194 Å². The zero-order valence-electron chi connectivity index (χ0n) is 29.0. The molecule has 0 amide bonds. The van der Waals surface area contributed by atoms with Crippen molar-refractivity contribution in [2.24, 2.45) is 0 Å². The molecule has 0 saturated heterocycles. The van der Waals surface area contributed by atoms with Gasteiger partial charge in [-0.2, -0.15) is 0 Å². The van der Waals surface area contributed by atoms with Crippen molar-refractivity contribution in [2.45, 2.75) is 226 Å². The first-order valence-corrected chi connectivity index (χ1v) is 19.5. The summed E-state index contributed by atoms with van der Waals surface area (Å²) in [5.74, 6) is 0. The molecule has 0 saturated carbocycles. The number of rotatable bonds is 33. The standard InChI is InChI=1S/C39H78N2/c1-4-7-10-13-16-19-20-21-22-25-28-31-34-39-40(35-32-29-26-23-17-14-11-8-5-2)37-38-41(39)36-33-30-27-24-18-15-12-9-6-3/h37-39H,4-36H2,1-3H3. The van der Waals surface area contributed by atoms with Gasteiger partial charge >= 0.3 is 0 Å². The van der Waals surface area contributed by atoms with Crippen LogP contribution in [0.1, 0.15) is 220 Å². The van der Waals surface area contributed by atoms with Crippen LogP contribution in [0.15, 0.2) is 12.4 Å². The molecule has 0 aromatic carbocycles. The summed E-state index contributed by atoms with van der Waals surface area (Å²) in [6, 6.07) is 0. The molecule has 0 aromatic heterocycles. The molecular weight excluding hydrogens is 496 g/mol. The van der Waals surface area contributed by atoms with Crippen LogP contribution in [0.3, 0.4) is 0 Å². The zero-order chi connectivity index (χ0) is 29.5. The third-order valence-corrected chi connectivity index (χ3v) is 9.57. The van der Waals surface area contributed by atoms with Crippen LogP contribution in [0.2, 0.25) is 0 Å². The Balaban J connectivity index is 2.23. The van der Waals surface area contributed by atoms with E-state index >= 15 is 0 Å². The minimum atomic E-state index is 0.640. The molecule has 0 N–H and O–H groups in total. The second kappa shape index (κ2) is 30.8. The van der Waals surface area contributed by atoms with E-state index in [2.05, 4.69) is 43.0 Å². The summed E-state index contributed by atoms with van der Waals surface area (Å²) in [7, 11) is 0. The molecule has 1 aliphatic rings. The fourth-order valence-electron chi connectivity index (χ4n) is 6.72. The normalized spacial score (nSPS) is 13.7. The first-order chi connectivity index (χ1) is 20.3. The lowest BCUT2D eigenvalue weighted by Crippen LogP contribution is -2.39. The van der Waals surface area contributed by atoms with Crippen molar-refractivity contribution in [3.8, 4) is 0 Å². The number of nitrogens with zero attached hydrogens (tertiary/aromatic N) is 2. The van der Waals surface area contributed by atoms with Gasteiger partial charge in [0, 0.05) is 25.5 Å². The van der Waals surface area contributed by atoms with E-state index in [0.717, 1.165) is 0 Å². The molecule has 1 rings (SSSR count). The molecule has 0 atom stereocenters. The first-order valence-electron chi connectivity index (χ1n) is 19.5. The Bertz CT molecular complexity index is 498. The summed E-state index contributed by atoms with van der Waals surface area (Å²) in [5, 5.41) is 0. The van der Waals surface area contributed by atoms with Gasteiger partial charge in [-0.3, -0.25) is 0 Å². The maximum Gasteiger partial charge on any atom is 0.101 e. The molecule has 0 unspecified atom stereocenters. The summed E-state index contributed by atoms with van der Waals surface area (Å²) in [6.07, 6.45) is 49.9. The van der Waals surface area contributed by atoms with Crippen molar-refractivity contribution in [2.75, 3.05) is 13.1 Å². The number of hydrogen-bond acceptors (Lipinski definition) is 2. The second-order valence-electron chi connectivity index (χ2n) is 13.6. The summed E-state index contributed by atoms with van der Waals surface area (Å²) >= 11 is 0. The molecular formula is C39H78N2. The quantitative estimate of drug-likeness (QED) is 0.0719. The summed E-state index contributed by atoms with van der Waals surface area (Å²) in [4.78, 5) is 5.43. The minimum absolute atomic E-state index is 0.640. The van der Waals surface area contributed by atoms with Gasteiger partial charge in [-0.25, -0.2) is 0 Å². The summed E-state index contributed by atoms with van der Waals surface area (Å²) in [6.45, 7) is 9.48. The van der Waals surface area contributed by atoms with Gasteiger partial charge in [0.15, 0.2) is 0 Å². The maximum absolute atomic E-state index is 2.72. The average Bonchev–Trinajstić information content (AvgIpc) is 3.37. The Morgan fingerprint density at radius 3 is 0.854 bits per heavy atom. The van der Waals surface area contributed by atoms with Gasteiger partial charge in [-0.15, -0.1) is 0 Å². The minimum Gasteiger partial charge on any atom is -0.356 e. The van der Waals surface area contributed by atoms with Gasteiger partial charge in [0.25, 0.3) is 0 Å². The highest BCUT2D eigenvalue weighted by atomic mass is 15.4. The van der Waals surface area contributed by atoms with E-state index in [4.69, 9.17) is 0 Å². The molecule has 244 valence electrons. The summed E-state index contributed by atoms with van der Waals surface area (Å²) in [5.41, 5.74) is 0. The van der Waals surface area contributed by atoms with Crippen molar-refractivity contribution >= 4 is 0 Å². The number of hydrogen-bond donors (Lipinski definition) is 0.